The molecule has 0 aromatic heterocycles. The first-order chi connectivity index (χ1) is 7.61. The highest BCUT2D eigenvalue weighted by atomic mass is 19.1. The molecule has 0 amide bonds. The summed E-state index contributed by atoms with van der Waals surface area (Å²) in [6.07, 6.45) is 0. The number of carboxylic acids is 1. The lowest BCUT2D eigenvalue weighted by atomic mass is 9.95. The van der Waals surface area contributed by atoms with Crippen molar-refractivity contribution in [3.05, 3.63) is 47.8 Å². The number of fused-ring (bicyclic) bond motifs is 1. The molecule has 2 rings (SSSR count). The van der Waals surface area contributed by atoms with Crippen molar-refractivity contribution >= 4 is 16.7 Å². The molecule has 0 saturated heterocycles. The van der Waals surface area contributed by atoms with E-state index in [1.165, 1.54) is 6.07 Å². The van der Waals surface area contributed by atoms with Crippen LogP contribution >= 0.6 is 0 Å². The van der Waals surface area contributed by atoms with Gasteiger partial charge in [0.15, 0.2) is 0 Å². The second kappa shape index (κ2) is 3.93. The number of benzene rings is 2. The summed E-state index contributed by atoms with van der Waals surface area (Å²) in [5.74, 6) is -1.86. The summed E-state index contributed by atoms with van der Waals surface area (Å²) in [4.78, 5) is 10.9. The van der Waals surface area contributed by atoms with Crippen LogP contribution in [0.2, 0.25) is 0 Å². The Morgan fingerprint density at radius 2 is 1.81 bits per heavy atom. The second-order valence-corrected chi connectivity index (χ2v) is 3.74. The van der Waals surface area contributed by atoms with Crippen LogP contribution in [0.3, 0.4) is 0 Å². The van der Waals surface area contributed by atoms with Crippen LogP contribution < -0.4 is 0 Å². The molecule has 0 aliphatic carbocycles. The van der Waals surface area contributed by atoms with E-state index in [2.05, 4.69) is 0 Å². The van der Waals surface area contributed by atoms with Gasteiger partial charge in [0.05, 0.1) is 5.92 Å². The van der Waals surface area contributed by atoms with Crippen molar-refractivity contribution in [1.82, 2.24) is 0 Å². The van der Waals surface area contributed by atoms with Crippen molar-refractivity contribution in [2.45, 2.75) is 12.8 Å². The standard InChI is InChI=1S/C13H11FO2/c1-8(13(15)16)9-4-2-6-11-10(9)5-3-7-12(11)14/h2-8H,1H3,(H,15,16)/t8-/m0/s1. The molecule has 0 aliphatic rings. The zero-order chi connectivity index (χ0) is 11.7. The summed E-state index contributed by atoms with van der Waals surface area (Å²) in [5, 5.41) is 10.1. The third kappa shape index (κ3) is 1.65. The minimum Gasteiger partial charge on any atom is -0.481 e. The van der Waals surface area contributed by atoms with Gasteiger partial charge in [-0.15, -0.1) is 0 Å². The maximum atomic E-state index is 13.5. The fraction of sp³-hybridized carbons (Fsp3) is 0.154. The van der Waals surface area contributed by atoms with Crippen molar-refractivity contribution in [3.63, 3.8) is 0 Å². The van der Waals surface area contributed by atoms with Crippen LogP contribution in [0, 0.1) is 5.82 Å². The Morgan fingerprint density at radius 3 is 2.50 bits per heavy atom. The third-order valence-electron chi connectivity index (χ3n) is 2.74. The van der Waals surface area contributed by atoms with Crippen LogP contribution in [0.4, 0.5) is 4.39 Å². The Bertz CT molecular complexity index is 549. The monoisotopic (exact) mass is 218 g/mol. The van der Waals surface area contributed by atoms with E-state index < -0.39 is 11.9 Å². The predicted octanol–water partition coefficient (Wildman–Crippen LogP) is 3.17. The van der Waals surface area contributed by atoms with Crippen molar-refractivity contribution < 1.29 is 14.3 Å². The first kappa shape index (κ1) is 10.6. The lowest BCUT2D eigenvalue weighted by Crippen LogP contribution is -2.07. The molecule has 0 aliphatic heterocycles. The van der Waals surface area contributed by atoms with Gasteiger partial charge in [-0.05, 0) is 23.9 Å². The zero-order valence-electron chi connectivity index (χ0n) is 8.77. The van der Waals surface area contributed by atoms with E-state index in [9.17, 15) is 9.18 Å². The van der Waals surface area contributed by atoms with E-state index in [0.29, 0.717) is 16.3 Å². The number of halogens is 1. The number of carbonyl (C=O) groups is 1. The molecule has 3 heteroatoms. The fourth-order valence-electron chi connectivity index (χ4n) is 1.81. The number of hydrogen-bond acceptors (Lipinski definition) is 1. The van der Waals surface area contributed by atoms with Crippen molar-refractivity contribution in [3.8, 4) is 0 Å². The molecule has 16 heavy (non-hydrogen) atoms. The number of aliphatic carboxylic acids is 1. The van der Waals surface area contributed by atoms with E-state index in [4.69, 9.17) is 5.11 Å². The molecular formula is C13H11FO2. The van der Waals surface area contributed by atoms with Crippen LogP contribution in [0.25, 0.3) is 10.8 Å². The van der Waals surface area contributed by atoms with Crippen LogP contribution in [0.1, 0.15) is 18.4 Å². The molecule has 0 spiro atoms. The molecule has 0 radical (unpaired) electrons. The lowest BCUT2D eigenvalue weighted by molar-refractivity contribution is -0.138. The zero-order valence-corrected chi connectivity index (χ0v) is 8.77. The Hall–Kier alpha value is -1.90. The smallest absolute Gasteiger partial charge is 0.310 e. The topological polar surface area (TPSA) is 37.3 Å². The highest BCUT2D eigenvalue weighted by molar-refractivity contribution is 5.90. The van der Waals surface area contributed by atoms with Gasteiger partial charge in [0.1, 0.15) is 5.82 Å². The van der Waals surface area contributed by atoms with Crippen LogP contribution in [-0.4, -0.2) is 11.1 Å². The molecular weight excluding hydrogens is 207 g/mol. The summed E-state index contributed by atoms with van der Waals surface area (Å²) in [5.41, 5.74) is 0.643. The largest absolute Gasteiger partial charge is 0.481 e. The first-order valence-corrected chi connectivity index (χ1v) is 5.01. The Kier molecular flexibility index (Phi) is 2.60. The average Bonchev–Trinajstić information content (AvgIpc) is 2.28. The number of rotatable bonds is 2. The fourth-order valence-corrected chi connectivity index (χ4v) is 1.81. The molecule has 0 unspecified atom stereocenters. The summed E-state index contributed by atoms with van der Waals surface area (Å²) >= 11 is 0. The van der Waals surface area contributed by atoms with Crippen LogP contribution in [0.15, 0.2) is 36.4 Å². The molecule has 0 fully saturated rings. The minimum absolute atomic E-state index is 0.322. The summed E-state index contributed by atoms with van der Waals surface area (Å²) in [7, 11) is 0. The maximum absolute atomic E-state index is 13.5. The SMILES string of the molecule is C[C@H](C(=O)O)c1cccc2c(F)cccc12. The van der Waals surface area contributed by atoms with E-state index in [0.717, 1.165) is 0 Å². The molecule has 2 aromatic carbocycles. The molecule has 0 saturated carbocycles. The van der Waals surface area contributed by atoms with Gasteiger partial charge in [-0.2, -0.15) is 0 Å². The third-order valence-corrected chi connectivity index (χ3v) is 2.74. The summed E-state index contributed by atoms with van der Waals surface area (Å²) < 4.78 is 13.5. The first-order valence-electron chi connectivity index (χ1n) is 5.01. The molecule has 2 nitrogen and oxygen atoms in total. The van der Waals surface area contributed by atoms with E-state index in [1.54, 1.807) is 37.3 Å². The Balaban J connectivity index is 2.72. The van der Waals surface area contributed by atoms with Crippen LogP contribution in [-0.2, 0) is 4.79 Å². The van der Waals surface area contributed by atoms with Gasteiger partial charge < -0.3 is 5.11 Å². The summed E-state index contributed by atoms with van der Waals surface area (Å²) in [6.45, 7) is 1.60. The highest BCUT2D eigenvalue weighted by Gasteiger charge is 2.16. The molecule has 2 aromatic rings. The van der Waals surface area contributed by atoms with Gasteiger partial charge in [0.2, 0.25) is 0 Å². The number of hydrogen-bond donors (Lipinski definition) is 1. The van der Waals surface area contributed by atoms with Gasteiger partial charge in [0, 0.05) is 5.39 Å². The van der Waals surface area contributed by atoms with Gasteiger partial charge in [-0.1, -0.05) is 30.3 Å². The van der Waals surface area contributed by atoms with Gasteiger partial charge in [-0.3, -0.25) is 4.79 Å². The second-order valence-electron chi connectivity index (χ2n) is 3.74. The maximum Gasteiger partial charge on any atom is 0.310 e. The van der Waals surface area contributed by atoms with Crippen LogP contribution in [0.5, 0.6) is 0 Å². The van der Waals surface area contributed by atoms with Gasteiger partial charge in [-0.25, -0.2) is 4.39 Å². The highest BCUT2D eigenvalue weighted by Crippen LogP contribution is 2.27. The quantitative estimate of drug-likeness (QED) is 0.840. The van der Waals surface area contributed by atoms with E-state index in [1.807, 2.05) is 0 Å². The van der Waals surface area contributed by atoms with E-state index in [-0.39, 0.29) is 5.82 Å². The molecule has 82 valence electrons. The normalized spacial score (nSPS) is 12.6. The van der Waals surface area contributed by atoms with E-state index >= 15 is 0 Å². The molecule has 0 heterocycles. The Morgan fingerprint density at radius 1 is 1.19 bits per heavy atom. The Labute approximate surface area is 92.3 Å². The summed E-state index contributed by atoms with van der Waals surface area (Å²) in [6, 6.07) is 9.77. The molecule has 1 N–H and O–H groups in total. The van der Waals surface area contributed by atoms with Crippen molar-refractivity contribution in [2.24, 2.45) is 0 Å². The minimum atomic E-state index is -0.906. The van der Waals surface area contributed by atoms with Gasteiger partial charge in [0.25, 0.3) is 0 Å². The molecule has 0 bridgehead atoms. The van der Waals surface area contributed by atoms with Gasteiger partial charge >= 0.3 is 5.97 Å². The van der Waals surface area contributed by atoms with Crippen molar-refractivity contribution in [2.75, 3.05) is 0 Å². The lowest BCUT2D eigenvalue weighted by Gasteiger charge is -2.10. The van der Waals surface area contributed by atoms with Crippen molar-refractivity contribution in [1.29, 1.82) is 0 Å². The molecule has 1 atom stereocenters. The average molecular weight is 218 g/mol. The predicted molar refractivity (Wildman–Crippen MR) is 60.0 cm³/mol. The number of carboxylic acid groups (broad SMARTS) is 1.